The molecule has 1 atom stereocenters. The molecule has 1 aliphatic rings. The molecule has 8 heteroatoms. The number of nitrogens with zero attached hydrogens (tertiary/aromatic N) is 3. The molecule has 0 saturated carbocycles. The SMILES string of the molecule is N#CCN(Cc1ccc(N)cc1)C(=O)NCC(=O)N1CCCC1c1ccccc1Br. The second-order valence-corrected chi connectivity index (χ2v) is 8.04. The molecule has 3 N–H and O–H groups in total. The van der Waals surface area contributed by atoms with Crippen molar-refractivity contribution in [2.75, 3.05) is 25.4 Å². The molecular formula is C22H24BrN5O2. The molecule has 2 aromatic carbocycles. The van der Waals surface area contributed by atoms with Crippen LogP contribution in [0.5, 0.6) is 0 Å². The van der Waals surface area contributed by atoms with Gasteiger partial charge in [0.15, 0.2) is 0 Å². The van der Waals surface area contributed by atoms with Crippen molar-refractivity contribution in [1.82, 2.24) is 15.1 Å². The zero-order chi connectivity index (χ0) is 21.5. The van der Waals surface area contributed by atoms with Gasteiger partial charge in [0.2, 0.25) is 5.91 Å². The Morgan fingerprint density at radius 3 is 2.67 bits per heavy atom. The van der Waals surface area contributed by atoms with Gasteiger partial charge in [-0.3, -0.25) is 4.79 Å². The van der Waals surface area contributed by atoms with Crippen molar-refractivity contribution < 1.29 is 9.59 Å². The molecule has 7 nitrogen and oxygen atoms in total. The number of rotatable bonds is 6. The number of hydrogen-bond acceptors (Lipinski definition) is 4. The Morgan fingerprint density at radius 1 is 1.23 bits per heavy atom. The Labute approximate surface area is 184 Å². The third-order valence-corrected chi connectivity index (χ3v) is 5.85. The van der Waals surface area contributed by atoms with Crippen LogP contribution in [-0.4, -0.2) is 41.4 Å². The molecular weight excluding hydrogens is 446 g/mol. The van der Waals surface area contributed by atoms with Gasteiger partial charge >= 0.3 is 6.03 Å². The molecule has 3 amide bonds. The van der Waals surface area contributed by atoms with Crippen molar-refractivity contribution in [1.29, 1.82) is 5.26 Å². The maximum absolute atomic E-state index is 12.8. The minimum absolute atomic E-state index is 0.00466. The highest BCUT2D eigenvalue weighted by Gasteiger charge is 2.31. The van der Waals surface area contributed by atoms with E-state index in [0.717, 1.165) is 28.4 Å². The lowest BCUT2D eigenvalue weighted by Crippen LogP contribution is -2.45. The second-order valence-electron chi connectivity index (χ2n) is 7.18. The number of carbonyl (C=O) groups is 2. The molecule has 0 bridgehead atoms. The van der Waals surface area contributed by atoms with Gasteiger partial charge in [0.1, 0.15) is 6.54 Å². The van der Waals surface area contributed by atoms with Crippen molar-refractivity contribution in [2.45, 2.75) is 25.4 Å². The van der Waals surface area contributed by atoms with Crippen molar-refractivity contribution in [3.8, 4) is 6.07 Å². The summed E-state index contributed by atoms with van der Waals surface area (Å²) in [7, 11) is 0. The van der Waals surface area contributed by atoms with Crippen LogP contribution >= 0.6 is 15.9 Å². The van der Waals surface area contributed by atoms with Gasteiger partial charge in [-0.2, -0.15) is 5.26 Å². The highest BCUT2D eigenvalue weighted by atomic mass is 79.9. The quantitative estimate of drug-likeness (QED) is 0.499. The molecule has 1 saturated heterocycles. The highest BCUT2D eigenvalue weighted by molar-refractivity contribution is 9.10. The van der Waals surface area contributed by atoms with Crippen LogP contribution in [0.2, 0.25) is 0 Å². The lowest BCUT2D eigenvalue weighted by molar-refractivity contribution is -0.131. The van der Waals surface area contributed by atoms with Crippen LogP contribution in [0.15, 0.2) is 53.0 Å². The standard InChI is InChI=1S/C22H24BrN5O2/c23-19-5-2-1-4-18(19)20-6-3-12-28(20)21(29)14-26-22(30)27(13-11-24)15-16-7-9-17(25)10-8-16/h1-2,4-5,7-10,20H,3,6,12-15,25H2,(H,26,30). The first kappa shape index (κ1) is 21.7. The molecule has 1 aliphatic heterocycles. The lowest BCUT2D eigenvalue weighted by Gasteiger charge is -2.27. The van der Waals surface area contributed by atoms with E-state index in [1.54, 1.807) is 12.1 Å². The third kappa shape index (κ3) is 5.30. The van der Waals surface area contributed by atoms with Crippen LogP contribution in [0.25, 0.3) is 0 Å². The summed E-state index contributed by atoms with van der Waals surface area (Å²) in [5.74, 6) is -0.133. The molecule has 2 aromatic rings. The second kappa shape index (κ2) is 10.1. The number of nitriles is 1. The molecule has 30 heavy (non-hydrogen) atoms. The lowest BCUT2D eigenvalue weighted by atomic mass is 10.0. The predicted octanol–water partition coefficient (Wildman–Crippen LogP) is 3.43. The van der Waals surface area contributed by atoms with Crippen molar-refractivity contribution in [3.05, 3.63) is 64.1 Å². The minimum atomic E-state index is -0.446. The summed E-state index contributed by atoms with van der Waals surface area (Å²) in [5.41, 5.74) is 8.25. The average Bonchev–Trinajstić information content (AvgIpc) is 3.23. The summed E-state index contributed by atoms with van der Waals surface area (Å²) in [6.45, 7) is 0.738. The summed E-state index contributed by atoms with van der Waals surface area (Å²) in [6.07, 6.45) is 1.81. The first-order chi connectivity index (χ1) is 14.5. The van der Waals surface area contributed by atoms with Gasteiger partial charge in [-0.1, -0.05) is 46.3 Å². The molecule has 0 spiro atoms. The van der Waals surface area contributed by atoms with Crippen LogP contribution < -0.4 is 11.1 Å². The van der Waals surface area contributed by atoms with E-state index in [9.17, 15) is 9.59 Å². The van der Waals surface area contributed by atoms with Crippen LogP contribution in [-0.2, 0) is 11.3 Å². The van der Waals surface area contributed by atoms with E-state index in [4.69, 9.17) is 11.0 Å². The first-order valence-electron chi connectivity index (χ1n) is 9.77. The smallest absolute Gasteiger partial charge is 0.318 e. The number of nitrogen functional groups attached to an aromatic ring is 1. The molecule has 0 radical (unpaired) electrons. The van der Waals surface area contributed by atoms with Gasteiger partial charge in [0.25, 0.3) is 0 Å². The summed E-state index contributed by atoms with van der Waals surface area (Å²) in [6, 6.07) is 16.5. The number of anilines is 1. The number of carbonyl (C=O) groups excluding carboxylic acids is 2. The van der Waals surface area contributed by atoms with E-state index in [2.05, 4.69) is 21.2 Å². The van der Waals surface area contributed by atoms with Gasteiger partial charge < -0.3 is 20.9 Å². The van der Waals surface area contributed by atoms with E-state index >= 15 is 0 Å². The summed E-state index contributed by atoms with van der Waals surface area (Å²) < 4.78 is 0.974. The molecule has 1 fully saturated rings. The van der Waals surface area contributed by atoms with Gasteiger partial charge in [-0.25, -0.2) is 4.79 Å². The van der Waals surface area contributed by atoms with Crippen molar-refractivity contribution in [2.24, 2.45) is 0 Å². The topological polar surface area (TPSA) is 102 Å². The van der Waals surface area contributed by atoms with Gasteiger partial charge in [-0.05, 0) is 42.2 Å². The van der Waals surface area contributed by atoms with E-state index in [1.165, 1.54) is 4.90 Å². The number of nitrogens with two attached hydrogens (primary N) is 1. The van der Waals surface area contributed by atoms with Crippen molar-refractivity contribution in [3.63, 3.8) is 0 Å². The van der Waals surface area contributed by atoms with Gasteiger partial charge in [-0.15, -0.1) is 0 Å². The Morgan fingerprint density at radius 2 is 1.97 bits per heavy atom. The first-order valence-corrected chi connectivity index (χ1v) is 10.6. The van der Waals surface area contributed by atoms with Crippen LogP contribution in [0.3, 0.4) is 0 Å². The molecule has 3 rings (SSSR count). The van der Waals surface area contributed by atoms with E-state index in [1.807, 2.05) is 47.4 Å². The Hall–Kier alpha value is -3.05. The molecule has 0 aliphatic carbocycles. The van der Waals surface area contributed by atoms with E-state index in [0.29, 0.717) is 12.2 Å². The minimum Gasteiger partial charge on any atom is -0.399 e. The monoisotopic (exact) mass is 469 g/mol. The maximum atomic E-state index is 12.8. The number of nitrogens with one attached hydrogen (secondary N) is 1. The fraction of sp³-hybridized carbons (Fsp3) is 0.318. The fourth-order valence-electron chi connectivity index (χ4n) is 3.63. The normalized spacial score (nSPS) is 15.5. The number of likely N-dealkylation sites (tertiary alicyclic amines) is 1. The largest absolute Gasteiger partial charge is 0.399 e. The summed E-state index contributed by atoms with van der Waals surface area (Å²) in [4.78, 5) is 28.6. The fourth-order valence-corrected chi connectivity index (χ4v) is 4.18. The Bertz CT molecular complexity index is 941. The third-order valence-electron chi connectivity index (χ3n) is 5.13. The van der Waals surface area contributed by atoms with Crippen LogP contribution in [0.4, 0.5) is 10.5 Å². The number of amides is 3. The van der Waals surface area contributed by atoms with E-state index in [-0.39, 0.29) is 31.6 Å². The van der Waals surface area contributed by atoms with Crippen molar-refractivity contribution >= 4 is 33.6 Å². The number of halogens is 1. The predicted molar refractivity (Wildman–Crippen MR) is 118 cm³/mol. The number of hydrogen-bond donors (Lipinski definition) is 2. The maximum Gasteiger partial charge on any atom is 0.318 e. The Balaban J connectivity index is 1.60. The molecule has 156 valence electrons. The summed E-state index contributed by atoms with van der Waals surface area (Å²) in [5, 5.41) is 11.7. The molecule has 1 heterocycles. The zero-order valence-electron chi connectivity index (χ0n) is 16.6. The van der Waals surface area contributed by atoms with Gasteiger partial charge in [0.05, 0.1) is 18.7 Å². The average molecular weight is 470 g/mol. The summed E-state index contributed by atoms with van der Waals surface area (Å²) >= 11 is 3.56. The molecule has 1 unspecified atom stereocenters. The molecule has 0 aromatic heterocycles. The van der Waals surface area contributed by atoms with Crippen LogP contribution in [0.1, 0.15) is 30.0 Å². The number of urea groups is 1. The number of benzene rings is 2. The Kier molecular flexibility index (Phi) is 7.31. The highest BCUT2D eigenvalue weighted by Crippen LogP contribution is 2.35. The van der Waals surface area contributed by atoms with Gasteiger partial charge in [0, 0.05) is 23.2 Å². The van der Waals surface area contributed by atoms with Crippen LogP contribution in [0, 0.1) is 11.3 Å². The van der Waals surface area contributed by atoms with E-state index < -0.39 is 6.03 Å². The zero-order valence-corrected chi connectivity index (χ0v) is 18.1.